The van der Waals surface area contributed by atoms with Crippen molar-refractivity contribution in [2.45, 2.75) is 18.7 Å². The average molecular weight is 309 g/mol. The number of piperazine rings is 1. The van der Waals surface area contributed by atoms with Gasteiger partial charge >= 0.3 is 0 Å². The number of hydrogen-bond donors (Lipinski definition) is 1. The molecule has 1 atom stereocenters. The molecular weight excluding hydrogens is 291 g/mol. The van der Waals surface area contributed by atoms with E-state index >= 15 is 0 Å². The summed E-state index contributed by atoms with van der Waals surface area (Å²) in [5, 5.41) is 3.15. The molecule has 1 fully saturated rings. The molecule has 1 aliphatic rings. The van der Waals surface area contributed by atoms with Gasteiger partial charge in [-0.05, 0) is 24.6 Å². The van der Waals surface area contributed by atoms with Crippen LogP contribution in [0.2, 0.25) is 0 Å². The lowest BCUT2D eigenvalue weighted by atomic mass is 10.2. The van der Waals surface area contributed by atoms with Crippen LogP contribution in [-0.4, -0.2) is 38.4 Å². The highest BCUT2D eigenvalue weighted by Crippen LogP contribution is 2.15. The van der Waals surface area contributed by atoms with Gasteiger partial charge in [-0.1, -0.05) is 12.1 Å². The molecule has 4 nitrogen and oxygen atoms in total. The van der Waals surface area contributed by atoms with Crippen molar-refractivity contribution in [1.82, 2.24) is 9.62 Å². The second-order valence-corrected chi connectivity index (χ2v) is 6.47. The molecular formula is C12H18ClFN2O2S. The predicted molar refractivity (Wildman–Crippen MR) is 75.3 cm³/mol. The standard InChI is InChI=1S/C12H17FN2O2S.ClH/c1-10-8-14-6-7-15(10)18(16,17)9-11-2-4-12(13)5-3-11;/h2-5,10,14H,6-9H2,1H3;1H. The zero-order valence-electron chi connectivity index (χ0n) is 10.7. The summed E-state index contributed by atoms with van der Waals surface area (Å²) in [6, 6.07) is 5.56. The van der Waals surface area contributed by atoms with E-state index in [1.165, 1.54) is 28.6 Å². The van der Waals surface area contributed by atoms with Crippen LogP contribution in [-0.2, 0) is 15.8 Å². The molecule has 1 aliphatic heterocycles. The van der Waals surface area contributed by atoms with Gasteiger partial charge in [-0.25, -0.2) is 12.8 Å². The highest BCUT2D eigenvalue weighted by atomic mass is 35.5. The Labute approximate surface area is 119 Å². The molecule has 1 N–H and O–H groups in total. The van der Waals surface area contributed by atoms with Crippen LogP contribution in [0, 0.1) is 5.82 Å². The Morgan fingerprint density at radius 1 is 1.37 bits per heavy atom. The molecule has 0 radical (unpaired) electrons. The van der Waals surface area contributed by atoms with Crippen molar-refractivity contribution in [2.24, 2.45) is 0 Å². The highest BCUT2D eigenvalue weighted by molar-refractivity contribution is 7.88. The van der Waals surface area contributed by atoms with Crippen LogP contribution in [0.1, 0.15) is 12.5 Å². The molecule has 1 aromatic carbocycles. The Morgan fingerprint density at radius 2 is 2.00 bits per heavy atom. The number of halogens is 2. The summed E-state index contributed by atoms with van der Waals surface area (Å²) in [6.45, 7) is 3.72. The number of sulfonamides is 1. The minimum absolute atomic E-state index is 0. The molecule has 1 heterocycles. The summed E-state index contributed by atoms with van der Waals surface area (Å²) in [5.41, 5.74) is 0.613. The third-order valence-corrected chi connectivity index (χ3v) is 5.02. The van der Waals surface area contributed by atoms with Gasteiger partial charge in [0.15, 0.2) is 0 Å². The maximum atomic E-state index is 12.8. The summed E-state index contributed by atoms with van der Waals surface area (Å²) >= 11 is 0. The number of hydrogen-bond acceptors (Lipinski definition) is 3. The Balaban J connectivity index is 0.00000180. The SMILES string of the molecule is CC1CNCCN1S(=O)(=O)Cc1ccc(F)cc1.Cl. The summed E-state index contributed by atoms with van der Waals surface area (Å²) < 4.78 is 38.8. The van der Waals surface area contributed by atoms with Gasteiger partial charge in [-0.3, -0.25) is 0 Å². The normalized spacial score (nSPS) is 20.8. The lowest BCUT2D eigenvalue weighted by Crippen LogP contribution is -2.52. The summed E-state index contributed by atoms with van der Waals surface area (Å²) in [6.07, 6.45) is 0. The average Bonchev–Trinajstić information content (AvgIpc) is 2.32. The van der Waals surface area contributed by atoms with Crippen molar-refractivity contribution in [1.29, 1.82) is 0 Å². The molecule has 108 valence electrons. The van der Waals surface area contributed by atoms with Gasteiger partial charge in [0.05, 0.1) is 5.75 Å². The van der Waals surface area contributed by atoms with Crippen LogP contribution < -0.4 is 5.32 Å². The van der Waals surface area contributed by atoms with E-state index in [1.54, 1.807) is 0 Å². The molecule has 0 aliphatic carbocycles. The lowest BCUT2D eigenvalue weighted by Gasteiger charge is -2.32. The quantitative estimate of drug-likeness (QED) is 0.917. The van der Waals surface area contributed by atoms with Gasteiger partial charge in [0.1, 0.15) is 5.82 Å². The topological polar surface area (TPSA) is 49.4 Å². The lowest BCUT2D eigenvalue weighted by molar-refractivity contribution is 0.283. The Kier molecular flexibility index (Phi) is 5.73. The molecule has 0 aromatic heterocycles. The van der Waals surface area contributed by atoms with Crippen molar-refractivity contribution in [3.05, 3.63) is 35.6 Å². The van der Waals surface area contributed by atoms with E-state index < -0.39 is 10.0 Å². The van der Waals surface area contributed by atoms with Gasteiger partial charge < -0.3 is 5.32 Å². The first kappa shape index (κ1) is 16.4. The van der Waals surface area contributed by atoms with Crippen LogP contribution in [0.25, 0.3) is 0 Å². The molecule has 1 aromatic rings. The van der Waals surface area contributed by atoms with Crippen LogP contribution in [0.4, 0.5) is 4.39 Å². The maximum absolute atomic E-state index is 12.8. The number of benzene rings is 1. The number of nitrogens with zero attached hydrogens (tertiary/aromatic N) is 1. The van der Waals surface area contributed by atoms with Crippen molar-refractivity contribution < 1.29 is 12.8 Å². The second-order valence-electron chi connectivity index (χ2n) is 4.55. The molecule has 0 amide bonds. The molecule has 1 unspecified atom stereocenters. The fraction of sp³-hybridized carbons (Fsp3) is 0.500. The zero-order valence-corrected chi connectivity index (χ0v) is 12.3. The van der Waals surface area contributed by atoms with Gasteiger partial charge in [0, 0.05) is 25.7 Å². The monoisotopic (exact) mass is 308 g/mol. The maximum Gasteiger partial charge on any atom is 0.218 e. The first-order valence-electron chi connectivity index (χ1n) is 5.94. The molecule has 0 spiro atoms. The zero-order chi connectivity index (χ0) is 13.2. The van der Waals surface area contributed by atoms with E-state index in [2.05, 4.69) is 5.32 Å². The van der Waals surface area contributed by atoms with Crippen molar-refractivity contribution in [2.75, 3.05) is 19.6 Å². The van der Waals surface area contributed by atoms with Gasteiger partial charge in [0.2, 0.25) is 10.0 Å². The second kappa shape index (κ2) is 6.65. The summed E-state index contributed by atoms with van der Waals surface area (Å²) in [7, 11) is -3.33. The van der Waals surface area contributed by atoms with E-state index in [4.69, 9.17) is 0 Å². The van der Waals surface area contributed by atoms with Crippen LogP contribution in [0.5, 0.6) is 0 Å². The van der Waals surface area contributed by atoms with Gasteiger partial charge in [-0.2, -0.15) is 4.31 Å². The van der Waals surface area contributed by atoms with Gasteiger partial charge in [-0.15, -0.1) is 12.4 Å². The largest absolute Gasteiger partial charge is 0.314 e. The molecule has 0 saturated carbocycles. The third kappa shape index (κ3) is 4.14. The number of rotatable bonds is 3. The van der Waals surface area contributed by atoms with E-state index in [-0.39, 0.29) is 30.0 Å². The molecule has 7 heteroatoms. The smallest absolute Gasteiger partial charge is 0.218 e. The first-order chi connectivity index (χ1) is 8.49. The van der Waals surface area contributed by atoms with Crippen molar-refractivity contribution in [3.8, 4) is 0 Å². The Bertz CT molecular complexity index is 507. The minimum atomic E-state index is -3.33. The van der Waals surface area contributed by atoms with Crippen LogP contribution >= 0.6 is 12.4 Å². The van der Waals surface area contributed by atoms with Crippen molar-refractivity contribution >= 4 is 22.4 Å². The summed E-state index contributed by atoms with van der Waals surface area (Å²) in [4.78, 5) is 0. The molecule has 2 rings (SSSR count). The molecule has 1 saturated heterocycles. The molecule has 19 heavy (non-hydrogen) atoms. The van der Waals surface area contributed by atoms with E-state index in [0.717, 1.165) is 0 Å². The van der Waals surface area contributed by atoms with Crippen molar-refractivity contribution in [3.63, 3.8) is 0 Å². The fourth-order valence-electron chi connectivity index (χ4n) is 2.11. The summed E-state index contributed by atoms with van der Waals surface area (Å²) in [5.74, 6) is -0.427. The van der Waals surface area contributed by atoms with E-state index in [0.29, 0.717) is 25.2 Å². The predicted octanol–water partition coefficient (Wildman–Crippen LogP) is 1.37. The molecule has 0 bridgehead atoms. The number of nitrogens with one attached hydrogen (secondary N) is 1. The highest BCUT2D eigenvalue weighted by Gasteiger charge is 2.29. The third-order valence-electron chi connectivity index (χ3n) is 3.06. The van der Waals surface area contributed by atoms with E-state index in [9.17, 15) is 12.8 Å². The fourth-order valence-corrected chi connectivity index (χ4v) is 3.88. The van der Waals surface area contributed by atoms with Crippen LogP contribution in [0.15, 0.2) is 24.3 Å². The Morgan fingerprint density at radius 3 is 2.58 bits per heavy atom. The van der Waals surface area contributed by atoms with Crippen LogP contribution in [0.3, 0.4) is 0 Å². The minimum Gasteiger partial charge on any atom is -0.314 e. The Hall–Kier alpha value is -0.690. The first-order valence-corrected chi connectivity index (χ1v) is 7.54. The van der Waals surface area contributed by atoms with Gasteiger partial charge in [0.25, 0.3) is 0 Å². The van der Waals surface area contributed by atoms with E-state index in [1.807, 2.05) is 6.92 Å².